The number of rotatable bonds is 1. The molecule has 0 bridgehead atoms. The lowest BCUT2D eigenvalue weighted by molar-refractivity contribution is 0.00578. The molecular weight excluding hydrogens is 295 g/mol. The van der Waals surface area contributed by atoms with Crippen LogP contribution in [0.3, 0.4) is 0 Å². The van der Waals surface area contributed by atoms with Crippen LogP contribution in [0, 0.1) is 6.92 Å². The highest BCUT2D eigenvalue weighted by Crippen LogP contribution is 2.38. The monoisotopic (exact) mass is 330 g/mol. The molecule has 1 aromatic carbocycles. The molecule has 0 amide bonds. The SMILES string of the molecule is Cc1c(B2OC(C)(C)C(C)(C)O2)cc(C(C)(C)C)cc1C(C)(C)C. The van der Waals surface area contributed by atoms with Crippen molar-refractivity contribution in [3.63, 3.8) is 0 Å². The Morgan fingerprint density at radius 3 is 1.62 bits per heavy atom. The minimum atomic E-state index is -0.316. The van der Waals surface area contributed by atoms with Crippen LogP contribution < -0.4 is 5.46 Å². The standard InChI is InChI=1S/C21H35BO2/c1-14-16(19(5,6)7)12-15(18(2,3)4)13-17(14)22-23-20(8,9)21(10,11)24-22/h12-13H,1-11H3. The maximum atomic E-state index is 6.34. The minimum absolute atomic E-state index is 0.0870. The third-order valence-electron chi connectivity index (χ3n) is 5.63. The van der Waals surface area contributed by atoms with Crippen LogP contribution in [0.4, 0.5) is 0 Å². The van der Waals surface area contributed by atoms with Gasteiger partial charge in [-0.25, -0.2) is 0 Å². The molecule has 0 spiro atoms. The van der Waals surface area contributed by atoms with Crippen molar-refractivity contribution in [2.24, 2.45) is 0 Å². The molecule has 0 atom stereocenters. The summed E-state index contributed by atoms with van der Waals surface area (Å²) >= 11 is 0. The molecule has 1 aromatic rings. The van der Waals surface area contributed by atoms with Gasteiger partial charge in [0.2, 0.25) is 0 Å². The minimum Gasteiger partial charge on any atom is -0.399 e. The molecule has 0 N–H and O–H groups in total. The van der Waals surface area contributed by atoms with E-state index >= 15 is 0 Å². The van der Waals surface area contributed by atoms with Crippen molar-refractivity contribution in [3.05, 3.63) is 28.8 Å². The van der Waals surface area contributed by atoms with E-state index < -0.39 is 0 Å². The highest BCUT2D eigenvalue weighted by Gasteiger charge is 2.52. The van der Waals surface area contributed by atoms with Crippen molar-refractivity contribution in [3.8, 4) is 0 Å². The molecule has 2 nitrogen and oxygen atoms in total. The Labute approximate surface area is 149 Å². The molecule has 24 heavy (non-hydrogen) atoms. The zero-order valence-corrected chi connectivity index (χ0v) is 17.5. The molecule has 2 rings (SSSR count). The highest BCUT2D eigenvalue weighted by atomic mass is 16.7. The lowest BCUT2D eigenvalue weighted by Gasteiger charge is -2.32. The van der Waals surface area contributed by atoms with Crippen LogP contribution in [0.2, 0.25) is 0 Å². The van der Waals surface area contributed by atoms with Crippen molar-refractivity contribution in [1.29, 1.82) is 0 Å². The van der Waals surface area contributed by atoms with E-state index in [4.69, 9.17) is 9.31 Å². The number of hydrogen-bond acceptors (Lipinski definition) is 2. The van der Waals surface area contributed by atoms with Gasteiger partial charge >= 0.3 is 7.12 Å². The molecule has 134 valence electrons. The quantitative estimate of drug-likeness (QED) is 0.683. The van der Waals surface area contributed by atoms with Crippen LogP contribution in [-0.4, -0.2) is 18.3 Å². The van der Waals surface area contributed by atoms with Crippen molar-refractivity contribution < 1.29 is 9.31 Å². The van der Waals surface area contributed by atoms with E-state index in [0.717, 1.165) is 0 Å². The van der Waals surface area contributed by atoms with Gasteiger partial charge < -0.3 is 9.31 Å². The van der Waals surface area contributed by atoms with E-state index in [0.29, 0.717) is 0 Å². The number of hydrogen-bond donors (Lipinski definition) is 0. The van der Waals surface area contributed by atoms with Crippen LogP contribution in [0.1, 0.15) is 85.9 Å². The first-order valence-corrected chi connectivity index (χ1v) is 9.07. The first-order valence-electron chi connectivity index (χ1n) is 9.07. The van der Waals surface area contributed by atoms with Gasteiger partial charge in [0.25, 0.3) is 0 Å². The first-order chi connectivity index (χ1) is 10.6. The fourth-order valence-electron chi connectivity index (χ4n) is 3.16. The fraction of sp³-hybridized carbons (Fsp3) is 0.714. The van der Waals surface area contributed by atoms with Gasteiger partial charge in [0, 0.05) is 0 Å². The predicted octanol–water partition coefficient (Wildman–Crippen LogP) is 4.89. The van der Waals surface area contributed by atoms with E-state index in [2.05, 4.69) is 88.3 Å². The second kappa shape index (κ2) is 5.61. The van der Waals surface area contributed by atoms with E-state index in [9.17, 15) is 0 Å². The van der Waals surface area contributed by atoms with E-state index in [1.807, 2.05) is 0 Å². The van der Waals surface area contributed by atoms with Gasteiger partial charge in [0.15, 0.2) is 0 Å². The van der Waals surface area contributed by atoms with E-state index in [1.165, 1.54) is 22.2 Å². The van der Waals surface area contributed by atoms with Gasteiger partial charge in [-0.3, -0.25) is 0 Å². The largest absolute Gasteiger partial charge is 0.495 e. The molecule has 1 heterocycles. The van der Waals surface area contributed by atoms with Crippen LogP contribution >= 0.6 is 0 Å². The Kier molecular flexibility index (Phi) is 4.56. The topological polar surface area (TPSA) is 18.5 Å². The molecule has 1 aliphatic rings. The fourth-order valence-corrected chi connectivity index (χ4v) is 3.16. The molecular formula is C21H35BO2. The Hall–Kier alpha value is -0.795. The zero-order valence-electron chi connectivity index (χ0n) is 17.5. The van der Waals surface area contributed by atoms with Gasteiger partial charge in [-0.05, 0) is 67.6 Å². The Morgan fingerprint density at radius 2 is 1.25 bits per heavy atom. The highest BCUT2D eigenvalue weighted by molar-refractivity contribution is 6.62. The first kappa shape index (κ1) is 19.5. The summed E-state index contributed by atoms with van der Waals surface area (Å²) in [5.74, 6) is 0. The summed E-state index contributed by atoms with van der Waals surface area (Å²) in [4.78, 5) is 0. The summed E-state index contributed by atoms with van der Waals surface area (Å²) in [6.45, 7) is 24.3. The van der Waals surface area contributed by atoms with Gasteiger partial charge in [-0.1, -0.05) is 53.7 Å². The molecule has 0 aromatic heterocycles. The average molecular weight is 330 g/mol. The average Bonchev–Trinajstić information content (AvgIpc) is 2.55. The third kappa shape index (κ3) is 3.43. The summed E-state index contributed by atoms with van der Waals surface area (Å²) in [6, 6.07) is 4.65. The Balaban J connectivity index is 2.63. The molecule has 0 saturated carbocycles. The van der Waals surface area contributed by atoms with Crippen molar-refractivity contribution in [2.75, 3.05) is 0 Å². The van der Waals surface area contributed by atoms with Gasteiger partial charge in [-0.2, -0.15) is 0 Å². The van der Waals surface area contributed by atoms with Crippen LogP contribution in [0.5, 0.6) is 0 Å². The lowest BCUT2D eigenvalue weighted by Crippen LogP contribution is -2.41. The van der Waals surface area contributed by atoms with Crippen molar-refractivity contribution >= 4 is 12.6 Å². The Morgan fingerprint density at radius 1 is 0.792 bits per heavy atom. The summed E-state index contributed by atoms with van der Waals surface area (Å²) in [5, 5.41) is 0. The molecule has 0 unspecified atom stereocenters. The molecule has 1 saturated heterocycles. The maximum absolute atomic E-state index is 6.34. The summed E-state index contributed by atoms with van der Waals surface area (Å²) < 4.78 is 12.7. The van der Waals surface area contributed by atoms with E-state index in [-0.39, 0.29) is 29.2 Å². The van der Waals surface area contributed by atoms with E-state index in [1.54, 1.807) is 0 Å². The summed E-state index contributed by atoms with van der Waals surface area (Å²) in [7, 11) is -0.307. The lowest BCUT2D eigenvalue weighted by atomic mass is 9.68. The van der Waals surface area contributed by atoms with Gasteiger partial charge in [0.05, 0.1) is 11.2 Å². The summed E-state index contributed by atoms with van der Waals surface area (Å²) in [6.07, 6.45) is 0. The molecule has 0 aliphatic carbocycles. The zero-order chi connectivity index (χ0) is 18.7. The normalized spacial score (nSPS) is 20.5. The number of benzene rings is 1. The third-order valence-corrected chi connectivity index (χ3v) is 5.63. The molecule has 1 fully saturated rings. The second-order valence-corrected chi connectivity index (χ2v) is 10.3. The molecule has 3 heteroatoms. The van der Waals surface area contributed by atoms with Crippen LogP contribution in [0.15, 0.2) is 12.1 Å². The maximum Gasteiger partial charge on any atom is 0.495 e. The van der Waals surface area contributed by atoms with Crippen LogP contribution in [0.25, 0.3) is 0 Å². The molecule has 0 radical (unpaired) electrons. The second-order valence-electron chi connectivity index (χ2n) is 10.3. The molecule has 1 aliphatic heterocycles. The Bertz CT molecular complexity index is 614. The van der Waals surface area contributed by atoms with Crippen LogP contribution in [-0.2, 0) is 20.1 Å². The predicted molar refractivity (Wildman–Crippen MR) is 104 cm³/mol. The van der Waals surface area contributed by atoms with Gasteiger partial charge in [0.1, 0.15) is 0 Å². The summed E-state index contributed by atoms with van der Waals surface area (Å²) in [5.41, 5.74) is 4.71. The van der Waals surface area contributed by atoms with Gasteiger partial charge in [-0.15, -0.1) is 0 Å². The smallest absolute Gasteiger partial charge is 0.399 e. The van der Waals surface area contributed by atoms with Crippen molar-refractivity contribution in [1.82, 2.24) is 0 Å². The van der Waals surface area contributed by atoms with Crippen molar-refractivity contribution in [2.45, 2.75) is 98.2 Å².